The first-order chi connectivity index (χ1) is 10.3. The fraction of sp³-hybridized carbons (Fsp3) is 0.125. The van der Waals surface area contributed by atoms with E-state index in [1.807, 2.05) is 0 Å². The molecule has 1 aromatic heterocycles. The second-order valence-corrected chi connectivity index (χ2v) is 4.88. The van der Waals surface area contributed by atoms with E-state index in [0.717, 1.165) is 10.9 Å². The average molecular weight is 307 g/mol. The number of fused-ring (bicyclic) bond motifs is 1. The topological polar surface area (TPSA) is 34.4 Å². The number of halogens is 3. The zero-order valence-electron chi connectivity index (χ0n) is 11.6. The Morgan fingerprint density at radius 3 is 2.50 bits per heavy atom. The Morgan fingerprint density at radius 1 is 1.05 bits per heavy atom. The highest BCUT2D eigenvalue weighted by molar-refractivity contribution is 5.89. The molecule has 1 N–H and O–H groups in total. The Morgan fingerprint density at radius 2 is 1.77 bits per heavy atom. The van der Waals surface area contributed by atoms with Gasteiger partial charge in [0.15, 0.2) is 0 Å². The minimum Gasteiger partial charge on any atom is -0.508 e. The van der Waals surface area contributed by atoms with Gasteiger partial charge >= 0.3 is 6.36 Å². The minimum atomic E-state index is -4.75. The summed E-state index contributed by atoms with van der Waals surface area (Å²) in [6, 6.07) is 12.5. The van der Waals surface area contributed by atoms with Crippen molar-refractivity contribution in [3.63, 3.8) is 0 Å². The molecule has 0 aliphatic heterocycles. The van der Waals surface area contributed by atoms with Crippen LogP contribution in [0.5, 0.6) is 11.5 Å². The van der Waals surface area contributed by atoms with Crippen molar-refractivity contribution < 1.29 is 23.0 Å². The lowest BCUT2D eigenvalue weighted by Gasteiger charge is -2.13. The van der Waals surface area contributed by atoms with Gasteiger partial charge in [-0.3, -0.25) is 0 Å². The summed E-state index contributed by atoms with van der Waals surface area (Å²) < 4.78 is 43.4. The van der Waals surface area contributed by atoms with Crippen molar-refractivity contribution in [3.8, 4) is 22.8 Å². The number of ether oxygens (including phenoxy) is 1. The number of aromatic hydroxyl groups is 1. The second kappa shape index (κ2) is 4.98. The van der Waals surface area contributed by atoms with Crippen LogP contribution in [0.4, 0.5) is 13.2 Å². The number of aryl methyl sites for hydroxylation is 1. The summed E-state index contributed by atoms with van der Waals surface area (Å²) in [5, 5.41) is 10.4. The number of phenols is 1. The Bertz CT molecular complexity index is 837. The number of hydrogen-bond acceptors (Lipinski definition) is 2. The third kappa shape index (κ3) is 2.59. The smallest absolute Gasteiger partial charge is 0.508 e. The second-order valence-electron chi connectivity index (χ2n) is 4.88. The molecule has 0 saturated carbocycles. The normalized spacial score (nSPS) is 11.8. The van der Waals surface area contributed by atoms with Gasteiger partial charge in [-0.2, -0.15) is 0 Å². The van der Waals surface area contributed by atoms with E-state index in [0.29, 0.717) is 11.3 Å². The van der Waals surface area contributed by atoms with Crippen LogP contribution in [0.25, 0.3) is 22.2 Å². The third-order valence-electron chi connectivity index (χ3n) is 3.42. The van der Waals surface area contributed by atoms with Gasteiger partial charge < -0.3 is 14.4 Å². The standard InChI is InChI=1S/C16H12F3NO2/c1-20-13-9-11(21)7-6-10(13)8-14(20)12-4-2-3-5-15(12)22-16(17,18)19/h2-9,21H,1H3. The van der Waals surface area contributed by atoms with E-state index in [-0.39, 0.29) is 11.5 Å². The van der Waals surface area contributed by atoms with Crippen molar-refractivity contribution in [1.82, 2.24) is 4.57 Å². The zero-order valence-corrected chi connectivity index (χ0v) is 11.6. The number of benzene rings is 2. The molecule has 0 bridgehead atoms. The number of para-hydroxylation sites is 1. The van der Waals surface area contributed by atoms with Crippen LogP contribution >= 0.6 is 0 Å². The van der Waals surface area contributed by atoms with Gasteiger partial charge in [-0.15, -0.1) is 13.2 Å². The lowest BCUT2D eigenvalue weighted by atomic mass is 10.1. The van der Waals surface area contributed by atoms with E-state index in [4.69, 9.17) is 0 Å². The first-order valence-electron chi connectivity index (χ1n) is 6.49. The molecule has 0 aliphatic carbocycles. The van der Waals surface area contributed by atoms with Gasteiger partial charge in [0.1, 0.15) is 11.5 Å². The van der Waals surface area contributed by atoms with Crippen molar-refractivity contribution in [1.29, 1.82) is 0 Å². The molecule has 0 spiro atoms. The first-order valence-corrected chi connectivity index (χ1v) is 6.49. The van der Waals surface area contributed by atoms with Crippen molar-refractivity contribution >= 4 is 10.9 Å². The minimum absolute atomic E-state index is 0.0973. The largest absolute Gasteiger partial charge is 0.573 e. The number of aromatic nitrogens is 1. The van der Waals surface area contributed by atoms with Crippen LogP contribution in [0.1, 0.15) is 0 Å². The molecule has 0 amide bonds. The lowest BCUT2D eigenvalue weighted by Crippen LogP contribution is -2.17. The Labute approximate surface area is 124 Å². The van der Waals surface area contributed by atoms with Crippen LogP contribution in [0, 0.1) is 0 Å². The molecule has 22 heavy (non-hydrogen) atoms. The van der Waals surface area contributed by atoms with E-state index in [1.165, 1.54) is 18.2 Å². The predicted octanol–water partition coefficient (Wildman–Crippen LogP) is 4.45. The molecule has 1 heterocycles. The number of hydrogen-bond donors (Lipinski definition) is 1. The van der Waals surface area contributed by atoms with E-state index >= 15 is 0 Å². The van der Waals surface area contributed by atoms with Gasteiger partial charge in [-0.05, 0) is 30.3 Å². The van der Waals surface area contributed by atoms with Gasteiger partial charge in [0.2, 0.25) is 0 Å². The average Bonchev–Trinajstić information content (AvgIpc) is 2.75. The summed E-state index contributed by atoms with van der Waals surface area (Å²) in [5.41, 5.74) is 1.62. The van der Waals surface area contributed by atoms with Gasteiger partial charge in [0, 0.05) is 24.1 Å². The van der Waals surface area contributed by atoms with Crippen molar-refractivity contribution in [2.45, 2.75) is 6.36 Å². The van der Waals surface area contributed by atoms with Crippen LogP contribution in [0.3, 0.4) is 0 Å². The molecular formula is C16H12F3NO2. The summed E-state index contributed by atoms with van der Waals surface area (Å²) in [6.07, 6.45) is -4.75. The summed E-state index contributed by atoms with van der Waals surface area (Å²) in [6.45, 7) is 0. The van der Waals surface area contributed by atoms with E-state index < -0.39 is 6.36 Å². The van der Waals surface area contributed by atoms with Crippen LogP contribution < -0.4 is 4.74 Å². The quantitative estimate of drug-likeness (QED) is 0.759. The fourth-order valence-electron chi connectivity index (χ4n) is 2.47. The van der Waals surface area contributed by atoms with E-state index in [2.05, 4.69) is 4.74 Å². The molecule has 3 aromatic rings. The fourth-order valence-corrected chi connectivity index (χ4v) is 2.47. The molecule has 6 heteroatoms. The van der Waals surface area contributed by atoms with Crippen molar-refractivity contribution in [3.05, 3.63) is 48.5 Å². The molecule has 2 aromatic carbocycles. The maximum absolute atomic E-state index is 12.5. The SMILES string of the molecule is Cn1c(-c2ccccc2OC(F)(F)F)cc2ccc(O)cc21. The molecule has 3 nitrogen and oxygen atoms in total. The molecule has 3 rings (SSSR count). The summed E-state index contributed by atoms with van der Waals surface area (Å²) in [7, 11) is 1.72. The number of rotatable bonds is 2. The molecule has 114 valence electrons. The van der Waals surface area contributed by atoms with Gasteiger partial charge in [0.25, 0.3) is 0 Å². The highest BCUT2D eigenvalue weighted by atomic mass is 19.4. The number of alkyl halides is 3. The molecule has 0 fully saturated rings. The number of phenolic OH excluding ortho intramolecular Hbond substituents is 1. The number of nitrogens with zero attached hydrogens (tertiary/aromatic N) is 1. The van der Waals surface area contributed by atoms with Crippen LogP contribution in [0.2, 0.25) is 0 Å². The predicted molar refractivity (Wildman–Crippen MR) is 76.7 cm³/mol. The van der Waals surface area contributed by atoms with Crippen LogP contribution in [-0.2, 0) is 7.05 Å². The Balaban J connectivity index is 2.18. The van der Waals surface area contributed by atoms with Crippen molar-refractivity contribution in [2.24, 2.45) is 7.05 Å². The molecule has 0 atom stereocenters. The highest BCUT2D eigenvalue weighted by Gasteiger charge is 2.32. The maximum atomic E-state index is 12.5. The zero-order chi connectivity index (χ0) is 15.9. The Kier molecular flexibility index (Phi) is 3.24. The van der Waals surface area contributed by atoms with Crippen molar-refractivity contribution in [2.75, 3.05) is 0 Å². The maximum Gasteiger partial charge on any atom is 0.573 e. The summed E-state index contributed by atoms with van der Waals surface area (Å²) >= 11 is 0. The highest BCUT2D eigenvalue weighted by Crippen LogP contribution is 2.36. The van der Waals surface area contributed by atoms with Crippen LogP contribution in [-0.4, -0.2) is 16.0 Å². The molecule has 0 aliphatic rings. The van der Waals surface area contributed by atoms with E-state index in [9.17, 15) is 18.3 Å². The molecule has 0 radical (unpaired) electrons. The van der Waals surface area contributed by atoms with E-state index in [1.54, 1.807) is 41.9 Å². The summed E-state index contributed by atoms with van der Waals surface area (Å²) in [4.78, 5) is 0. The lowest BCUT2D eigenvalue weighted by molar-refractivity contribution is -0.274. The molecule has 0 unspecified atom stereocenters. The first kappa shape index (κ1) is 14.3. The van der Waals surface area contributed by atoms with Gasteiger partial charge in [-0.25, -0.2) is 0 Å². The Hall–Kier alpha value is -2.63. The third-order valence-corrected chi connectivity index (χ3v) is 3.42. The summed E-state index contributed by atoms with van der Waals surface area (Å²) in [5.74, 6) is -0.162. The molecule has 0 saturated heterocycles. The van der Waals surface area contributed by atoms with Gasteiger partial charge in [0.05, 0.1) is 11.2 Å². The van der Waals surface area contributed by atoms with Crippen LogP contribution in [0.15, 0.2) is 48.5 Å². The monoisotopic (exact) mass is 307 g/mol. The molecular weight excluding hydrogens is 295 g/mol. The van der Waals surface area contributed by atoms with Gasteiger partial charge in [-0.1, -0.05) is 12.1 Å².